The van der Waals surface area contributed by atoms with Gasteiger partial charge in [0.2, 0.25) is 5.88 Å². The number of nitrogens with zero attached hydrogens (tertiary/aromatic N) is 2. The zero-order valence-corrected chi connectivity index (χ0v) is 10.2. The molecule has 0 aliphatic rings. The van der Waals surface area contributed by atoms with Gasteiger partial charge in [-0.3, -0.25) is 10.1 Å². The second-order valence-corrected chi connectivity index (χ2v) is 3.92. The van der Waals surface area contributed by atoms with Crippen molar-refractivity contribution in [2.24, 2.45) is 0 Å². The Morgan fingerprint density at radius 3 is 2.47 bits per heavy atom. The number of hydrogen-bond acceptors (Lipinski definition) is 5. The molecule has 0 bridgehead atoms. The van der Waals surface area contributed by atoms with E-state index >= 15 is 0 Å². The summed E-state index contributed by atoms with van der Waals surface area (Å²) >= 11 is 0. The molecule has 0 amide bonds. The Balaban J connectivity index is 2.18. The first-order valence-electron chi connectivity index (χ1n) is 5.60. The smallest absolute Gasteiger partial charge is 0.290 e. The molecule has 2 aromatic rings. The summed E-state index contributed by atoms with van der Waals surface area (Å²) in [4.78, 5) is 14.2. The van der Waals surface area contributed by atoms with Crippen LogP contribution in [0.3, 0.4) is 0 Å². The van der Waals surface area contributed by atoms with Crippen molar-refractivity contribution in [3.63, 3.8) is 0 Å². The van der Waals surface area contributed by atoms with Crippen molar-refractivity contribution in [1.82, 2.24) is 4.98 Å². The van der Waals surface area contributed by atoms with Crippen molar-refractivity contribution in [2.75, 3.05) is 0 Å². The average Bonchev–Trinajstić information content (AvgIpc) is 2.39. The quantitative estimate of drug-likeness (QED) is 0.674. The van der Waals surface area contributed by atoms with Gasteiger partial charge in [0.05, 0.1) is 11.5 Å². The largest absolute Gasteiger partial charge is 0.439 e. The van der Waals surface area contributed by atoms with Crippen LogP contribution in [0.4, 0.5) is 5.69 Å². The van der Waals surface area contributed by atoms with E-state index in [4.69, 9.17) is 9.84 Å². The van der Waals surface area contributed by atoms with E-state index in [2.05, 4.69) is 4.98 Å². The third kappa shape index (κ3) is 3.05. The molecule has 1 N–H and O–H groups in total. The number of nitro groups is 1. The fourth-order valence-electron chi connectivity index (χ4n) is 1.56. The Bertz CT molecular complexity index is 596. The van der Waals surface area contributed by atoms with E-state index in [9.17, 15) is 10.1 Å². The van der Waals surface area contributed by atoms with Gasteiger partial charge < -0.3 is 9.84 Å². The van der Waals surface area contributed by atoms with E-state index in [-0.39, 0.29) is 12.3 Å². The fourth-order valence-corrected chi connectivity index (χ4v) is 1.56. The van der Waals surface area contributed by atoms with E-state index in [1.165, 1.54) is 12.1 Å². The number of pyridine rings is 1. The van der Waals surface area contributed by atoms with Gasteiger partial charge in [0.15, 0.2) is 0 Å². The highest BCUT2D eigenvalue weighted by atomic mass is 16.6. The van der Waals surface area contributed by atoms with Crippen molar-refractivity contribution < 1.29 is 14.8 Å². The predicted molar refractivity (Wildman–Crippen MR) is 68.1 cm³/mol. The molecule has 0 fully saturated rings. The van der Waals surface area contributed by atoms with Crippen LogP contribution in [0.2, 0.25) is 0 Å². The first-order chi connectivity index (χ1) is 9.10. The molecule has 1 aromatic heterocycles. The first kappa shape index (κ1) is 13.0. The van der Waals surface area contributed by atoms with Gasteiger partial charge in [0.25, 0.3) is 5.69 Å². The van der Waals surface area contributed by atoms with E-state index in [1.807, 2.05) is 0 Å². The second-order valence-electron chi connectivity index (χ2n) is 3.92. The van der Waals surface area contributed by atoms with E-state index < -0.39 is 4.92 Å². The lowest BCUT2D eigenvalue weighted by molar-refractivity contribution is -0.385. The lowest BCUT2D eigenvalue weighted by Crippen LogP contribution is -1.96. The normalized spacial score (nSPS) is 10.2. The third-order valence-corrected chi connectivity index (χ3v) is 2.56. The number of hydrogen-bond donors (Lipinski definition) is 1. The van der Waals surface area contributed by atoms with Gasteiger partial charge in [-0.25, -0.2) is 4.98 Å². The summed E-state index contributed by atoms with van der Waals surface area (Å²) < 4.78 is 5.48. The molecule has 0 aliphatic heterocycles. The van der Waals surface area contributed by atoms with Crippen LogP contribution in [0.15, 0.2) is 36.4 Å². The summed E-state index contributed by atoms with van der Waals surface area (Å²) in [5.74, 6) is 0.845. The molecule has 98 valence electrons. The molecule has 0 aliphatic carbocycles. The van der Waals surface area contributed by atoms with Gasteiger partial charge >= 0.3 is 0 Å². The number of benzene rings is 1. The summed E-state index contributed by atoms with van der Waals surface area (Å²) in [6, 6.07) is 9.67. The maximum atomic E-state index is 10.7. The van der Waals surface area contributed by atoms with Crippen LogP contribution in [0, 0.1) is 17.0 Å². The molecule has 0 radical (unpaired) electrons. The number of rotatable bonds is 4. The summed E-state index contributed by atoms with van der Waals surface area (Å²) in [5.41, 5.74) is 1.04. The molecule has 6 nitrogen and oxygen atoms in total. The van der Waals surface area contributed by atoms with Gasteiger partial charge in [0.1, 0.15) is 11.4 Å². The maximum absolute atomic E-state index is 10.7. The Labute approximate surface area is 109 Å². The lowest BCUT2D eigenvalue weighted by atomic mass is 10.2. The molecule has 19 heavy (non-hydrogen) atoms. The molecule has 0 spiro atoms. The van der Waals surface area contributed by atoms with Gasteiger partial charge in [-0.2, -0.15) is 0 Å². The minimum atomic E-state index is -0.484. The van der Waals surface area contributed by atoms with E-state index in [1.54, 1.807) is 31.2 Å². The third-order valence-electron chi connectivity index (χ3n) is 2.56. The van der Waals surface area contributed by atoms with Crippen LogP contribution in [0.5, 0.6) is 11.6 Å². The van der Waals surface area contributed by atoms with E-state index in [0.717, 1.165) is 5.56 Å². The first-order valence-corrected chi connectivity index (χ1v) is 5.60. The summed E-state index contributed by atoms with van der Waals surface area (Å²) in [6.07, 6.45) is 0. The maximum Gasteiger partial charge on any atom is 0.290 e. The van der Waals surface area contributed by atoms with Crippen LogP contribution < -0.4 is 4.74 Å². The zero-order chi connectivity index (χ0) is 13.8. The van der Waals surface area contributed by atoms with Gasteiger partial charge in [-0.15, -0.1) is 0 Å². The minimum Gasteiger partial charge on any atom is -0.439 e. The Hall–Kier alpha value is -2.47. The van der Waals surface area contributed by atoms with Crippen molar-refractivity contribution in [3.05, 3.63) is 57.8 Å². The van der Waals surface area contributed by atoms with Crippen molar-refractivity contribution >= 4 is 5.69 Å². The topological polar surface area (TPSA) is 85.5 Å². The summed E-state index contributed by atoms with van der Waals surface area (Å²) in [7, 11) is 0. The molecule has 0 unspecified atom stereocenters. The van der Waals surface area contributed by atoms with Gasteiger partial charge in [-0.05, 0) is 24.6 Å². The highest BCUT2D eigenvalue weighted by molar-refractivity contribution is 5.38. The summed E-state index contributed by atoms with van der Waals surface area (Å²) in [5, 5.41) is 19.6. The highest BCUT2D eigenvalue weighted by Gasteiger charge is 2.12. The van der Waals surface area contributed by atoms with Crippen LogP contribution in [-0.4, -0.2) is 15.0 Å². The predicted octanol–water partition coefficient (Wildman–Crippen LogP) is 2.58. The lowest BCUT2D eigenvalue weighted by Gasteiger charge is -2.06. The van der Waals surface area contributed by atoms with Crippen LogP contribution in [0.1, 0.15) is 11.3 Å². The Kier molecular flexibility index (Phi) is 3.72. The number of aliphatic hydroxyl groups is 1. The van der Waals surface area contributed by atoms with E-state index in [0.29, 0.717) is 17.3 Å². The minimum absolute atomic E-state index is 0.0326. The molecule has 0 atom stereocenters. The average molecular weight is 260 g/mol. The van der Waals surface area contributed by atoms with Crippen molar-refractivity contribution in [2.45, 2.75) is 13.5 Å². The van der Waals surface area contributed by atoms with Crippen LogP contribution >= 0.6 is 0 Å². The van der Waals surface area contributed by atoms with Gasteiger partial charge in [0, 0.05) is 12.1 Å². The number of aryl methyl sites for hydroxylation is 1. The Morgan fingerprint density at radius 2 is 1.95 bits per heavy atom. The summed E-state index contributed by atoms with van der Waals surface area (Å²) in [6.45, 7) is 1.52. The van der Waals surface area contributed by atoms with Crippen molar-refractivity contribution in [3.8, 4) is 11.6 Å². The van der Waals surface area contributed by atoms with Crippen LogP contribution in [-0.2, 0) is 6.61 Å². The Morgan fingerprint density at radius 1 is 1.26 bits per heavy atom. The molecule has 0 saturated carbocycles. The van der Waals surface area contributed by atoms with Gasteiger partial charge in [-0.1, -0.05) is 12.1 Å². The molecular formula is C13H12N2O4. The standard InChI is InChI=1S/C13H12N2O4/c1-9-12(15(17)18)6-7-13(14-9)19-11-4-2-10(8-16)3-5-11/h2-7,16H,8H2,1H3. The molecular weight excluding hydrogens is 248 g/mol. The highest BCUT2D eigenvalue weighted by Crippen LogP contribution is 2.24. The van der Waals surface area contributed by atoms with Crippen LogP contribution in [0.25, 0.3) is 0 Å². The zero-order valence-electron chi connectivity index (χ0n) is 10.2. The fraction of sp³-hybridized carbons (Fsp3) is 0.154. The number of aliphatic hydroxyl groups excluding tert-OH is 1. The molecule has 0 saturated heterocycles. The molecule has 6 heteroatoms. The number of ether oxygens (including phenoxy) is 1. The number of aromatic nitrogens is 1. The monoisotopic (exact) mass is 260 g/mol. The molecule has 1 aromatic carbocycles. The SMILES string of the molecule is Cc1nc(Oc2ccc(CO)cc2)ccc1[N+](=O)[O-]. The second kappa shape index (κ2) is 5.45. The molecule has 1 heterocycles. The molecule has 2 rings (SSSR count). The van der Waals surface area contributed by atoms with Crippen molar-refractivity contribution in [1.29, 1.82) is 0 Å².